The Morgan fingerprint density at radius 3 is 2.42 bits per heavy atom. The molecule has 0 aromatic rings. The number of hydrogen-bond acceptors (Lipinski definition) is 9. The zero-order chi connectivity index (χ0) is 24.9. The summed E-state index contributed by atoms with van der Waals surface area (Å²) in [6.07, 6.45) is 1.94. The van der Waals surface area contributed by atoms with Gasteiger partial charge < -0.3 is 46.4 Å². The summed E-state index contributed by atoms with van der Waals surface area (Å²) in [5.74, 6) is -2.62. The predicted octanol–water partition coefficient (Wildman–Crippen LogP) is -0.630. The van der Waals surface area contributed by atoms with Crippen LogP contribution in [0, 0.1) is 5.21 Å². The van der Waals surface area contributed by atoms with Crippen LogP contribution in [0.4, 0.5) is 4.79 Å². The van der Waals surface area contributed by atoms with E-state index < -0.39 is 30.2 Å². The van der Waals surface area contributed by atoms with E-state index in [1.165, 1.54) is 11.7 Å². The van der Waals surface area contributed by atoms with E-state index in [9.17, 15) is 34.3 Å². The van der Waals surface area contributed by atoms with Crippen molar-refractivity contribution in [1.82, 2.24) is 21.4 Å². The lowest BCUT2D eigenvalue weighted by atomic mass is 10.1. The van der Waals surface area contributed by atoms with Gasteiger partial charge in [-0.2, -0.15) is 0 Å². The number of aliphatic imine (C=N–C) groups is 1. The Kier molecular flexibility index (Phi) is 17.7. The third-order valence-corrected chi connectivity index (χ3v) is 4.11. The number of amides is 3. The zero-order valence-corrected chi connectivity index (χ0v) is 18.3. The third kappa shape index (κ3) is 18.2. The average molecular weight is 474 g/mol. The average Bonchev–Trinajstić information content (AvgIpc) is 2.77. The maximum atomic E-state index is 11.9. The van der Waals surface area contributed by atoms with Crippen molar-refractivity contribution in [2.45, 2.75) is 57.2 Å². The van der Waals surface area contributed by atoms with Gasteiger partial charge in [-0.1, -0.05) is 0 Å². The van der Waals surface area contributed by atoms with Crippen LogP contribution in [0.1, 0.15) is 44.9 Å². The topological polar surface area (TPSA) is 219 Å². The highest BCUT2D eigenvalue weighted by molar-refractivity contribution is 5.82. The lowest BCUT2D eigenvalue weighted by Crippen LogP contribution is -2.52. The Morgan fingerprint density at radius 1 is 1.03 bits per heavy atom. The normalized spacial score (nSPS) is 12.6. The predicted molar refractivity (Wildman–Crippen MR) is 117 cm³/mol. The number of aliphatic carboxylic acids is 2. The fraction of sp³-hybridized carbons (Fsp3) is 0.684. The Balaban J connectivity index is 4.00. The van der Waals surface area contributed by atoms with Gasteiger partial charge in [0.15, 0.2) is 0 Å². The first kappa shape index (κ1) is 29.9. The van der Waals surface area contributed by atoms with Gasteiger partial charge in [-0.05, 0) is 25.7 Å². The van der Waals surface area contributed by atoms with Gasteiger partial charge in [0, 0.05) is 32.0 Å². The first-order valence-electron chi connectivity index (χ1n) is 10.5. The number of hydroxylamine groups is 1. The van der Waals surface area contributed by atoms with Crippen LogP contribution in [0.3, 0.4) is 0 Å². The van der Waals surface area contributed by atoms with Crippen LogP contribution in [0.2, 0.25) is 0 Å². The largest absolute Gasteiger partial charge is 0.786 e. The van der Waals surface area contributed by atoms with Crippen molar-refractivity contribution in [2.75, 3.05) is 26.3 Å². The highest BCUT2D eigenvalue weighted by Gasteiger charge is 2.20. The number of carboxylic acids is 2. The van der Waals surface area contributed by atoms with Crippen molar-refractivity contribution in [2.24, 2.45) is 4.99 Å². The summed E-state index contributed by atoms with van der Waals surface area (Å²) in [7, 11) is 0. The molecule has 33 heavy (non-hydrogen) atoms. The second kappa shape index (κ2) is 19.6. The summed E-state index contributed by atoms with van der Waals surface area (Å²) >= 11 is 0. The first-order chi connectivity index (χ1) is 15.8. The van der Waals surface area contributed by atoms with Crippen molar-refractivity contribution in [3.63, 3.8) is 0 Å². The molecule has 188 valence electrons. The molecule has 0 aliphatic rings. The fourth-order valence-electron chi connectivity index (χ4n) is 2.43. The van der Waals surface area contributed by atoms with Crippen LogP contribution in [-0.2, 0) is 23.9 Å². The van der Waals surface area contributed by atoms with E-state index >= 15 is 0 Å². The standard InChI is InChI=1S/C19H32N5O9/c25-11-3-8-20-10-13-33-12-7-16(26)21-9-2-1-4-14(18(29)30)22-19(31)23-15(24-32)5-6-17(27)28/h8,11,14-15,24H,1-7,9-10,12-13H2,(H,21,26)(H,27,28)(H,29,30)(H2,22,23,31)/q-1/t14-,15+/m0/s1. The molecule has 0 aliphatic heterocycles. The van der Waals surface area contributed by atoms with Crippen molar-refractivity contribution in [3.8, 4) is 0 Å². The summed E-state index contributed by atoms with van der Waals surface area (Å²) in [5, 5.41) is 35.7. The number of nitrogens with one attached hydrogen (secondary N) is 4. The number of nitrogens with zero attached hydrogens (tertiary/aromatic N) is 1. The number of rotatable bonds is 20. The van der Waals surface area contributed by atoms with E-state index in [2.05, 4.69) is 20.9 Å². The lowest BCUT2D eigenvalue weighted by Gasteiger charge is -2.24. The Morgan fingerprint density at radius 2 is 1.79 bits per heavy atom. The number of unbranched alkanes of at least 4 members (excludes halogenated alkanes) is 1. The summed E-state index contributed by atoms with van der Waals surface area (Å²) < 4.78 is 5.24. The van der Waals surface area contributed by atoms with Gasteiger partial charge >= 0.3 is 18.0 Å². The molecule has 6 N–H and O–H groups in total. The molecule has 0 spiro atoms. The van der Waals surface area contributed by atoms with Crippen LogP contribution in [-0.4, -0.2) is 85.1 Å². The van der Waals surface area contributed by atoms with E-state index in [1.54, 1.807) is 0 Å². The number of carbonyl (C=O) groups is 5. The molecule has 0 unspecified atom stereocenters. The number of aldehydes is 1. The maximum Gasteiger partial charge on any atom is 0.326 e. The Labute approximate surface area is 191 Å². The summed E-state index contributed by atoms with van der Waals surface area (Å²) in [6.45, 7) is 1.29. The second-order valence-electron chi connectivity index (χ2n) is 6.81. The molecule has 0 aliphatic carbocycles. The van der Waals surface area contributed by atoms with E-state index in [0.717, 1.165) is 6.29 Å². The van der Waals surface area contributed by atoms with Crippen molar-refractivity contribution < 1.29 is 38.9 Å². The SMILES string of the molecule is O=CCC=NCCOCCC(=O)NCCCC[C@H](NC(=O)N[C@@H](CCC(=O)O)N[O-])C(=O)O. The molecular formula is C19H32N5O9-. The lowest BCUT2D eigenvalue weighted by molar-refractivity contribution is -0.139. The summed E-state index contributed by atoms with van der Waals surface area (Å²) in [5.41, 5.74) is 1.49. The molecule has 0 saturated carbocycles. The van der Waals surface area contributed by atoms with Crippen LogP contribution < -0.4 is 21.4 Å². The van der Waals surface area contributed by atoms with Gasteiger partial charge in [0.05, 0.1) is 25.9 Å². The number of urea groups is 1. The molecule has 2 atom stereocenters. The van der Waals surface area contributed by atoms with Crippen molar-refractivity contribution in [3.05, 3.63) is 5.21 Å². The number of hydrogen-bond donors (Lipinski definition) is 6. The van der Waals surface area contributed by atoms with E-state index in [-0.39, 0.29) is 44.6 Å². The zero-order valence-electron chi connectivity index (χ0n) is 18.3. The van der Waals surface area contributed by atoms with Crippen LogP contribution >= 0.6 is 0 Å². The third-order valence-electron chi connectivity index (χ3n) is 4.11. The Hall–Kier alpha value is -3.10. The molecule has 3 amide bonds. The molecule has 0 aromatic carbocycles. The van der Waals surface area contributed by atoms with Crippen LogP contribution in [0.5, 0.6) is 0 Å². The van der Waals surface area contributed by atoms with Gasteiger partial charge in [-0.15, -0.1) is 0 Å². The highest BCUT2D eigenvalue weighted by atomic mass is 16.5. The molecule has 0 heterocycles. The Bertz CT molecular complexity index is 645. The summed E-state index contributed by atoms with van der Waals surface area (Å²) in [4.78, 5) is 59.4. The van der Waals surface area contributed by atoms with Crippen LogP contribution in [0.15, 0.2) is 4.99 Å². The van der Waals surface area contributed by atoms with Gasteiger partial charge in [0.1, 0.15) is 12.3 Å². The minimum Gasteiger partial charge on any atom is -0.786 e. The fourth-order valence-corrected chi connectivity index (χ4v) is 2.43. The van der Waals surface area contributed by atoms with Crippen LogP contribution in [0.25, 0.3) is 0 Å². The molecule has 14 nitrogen and oxygen atoms in total. The maximum absolute atomic E-state index is 11.9. The number of carboxylic acid groups (broad SMARTS) is 2. The van der Waals surface area contributed by atoms with Crippen molar-refractivity contribution in [1.29, 1.82) is 0 Å². The molecular weight excluding hydrogens is 442 g/mol. The van der Waals surface area contributed by atoms with Gasteiger partial charge in [-0.3, -0.25) is 14.6 Å². The molecule has 0 fully saturated rings. The quantitative estimate of drug-likeness (QED) is 0.0431. The van der Waals surface area contributed by atoms with E-state index in [0.29, 0.717) is 32.5 Å². The number of ether oxygens (including phenoxy) is 1. The first-order valence-corrected chi connectivity index (χ1v) is 10.5. The number of carbonyl (C=O) groups excluding carboxylic acids is 3. The smallest absolute Gasteiger partial charge is 0.326 e. The second-order valence-corrected chi connectivity index (χ2v) is 6.81. The molecule has 0 saturated heterocycles. The van der Waals surface area contributed by atoms with Gasteiger partial charge in [0.2, 0.25) is 5.91 Å². The van der Waals surface area contributed by atoms with Gasteiger partial charge in [0.25, 0.3) is 0 Å². The minimum atomic E-state index is -1.26. The molecule has 0 bridgehead atoms. The molecule has 14 heteroatoms. The molecule has 0 radical (unpaired) electrons. The molecule has 0 rings (SSSR count). The minimum absolute atomic E-state index is 0.0942. The van der Waals surface area contributed by atoms with E-state index in [1.807, 2.05) is 0 Å². The van der Waals surface area contributed by atoms with E-state index in [4.69, 9.17) is 9.84 Å². The molecule has 0 aromatic heterocycles. The summed E-state index contributed by atoms with van der Waals surface area (Å²) in [6, 6.07) is -2.13. The van der Waals surface area contributed by atoms with Crippen molar-refractivity contribution >= 4 is 36.4 Å². The monoisotopic (exact) mass is 474 g/mol. The van der Waals surface area contributed by atoms with Gasteiger partial charge in [-0.25, -0.2) is 9.59 Å². The highest BCUT2D eigenvalue weighted by Crippen LogP contribution is 2.02.